The average molecular weight is 315 g/mol. The van der Waals surface area contributed by atoms with E-state index in [1.165, 1.54) is 12.1 Å². The predicted octanol–water partition coefficient (Wildman–Crippen LogP) is 2.43. The van der Waals surface area contributed by atoms with Crippen molar-refractivity contribution in [3.05, 3.63) is 38.9 Å². The molecule has 8 heteroatoms. The van der Waals surface area contributed by atoms with Gasteiger partial charge in [0.25, 0.3) is 11.6 Å². The van der Waals surface area contributed by atoms with Crippen molar-refractivity contribution < 1.29 is 19.6 Å². The Balaban J connectivity index is 3.21. The monoisotopic (exact) mass is 314 g/mol. The number of nitro groups is 1. The number of rotatable bonds is 6. The van der Waals surface area contributed by atoms with Crippen molar-refractivity contribution >= 4 is 29.2 Å². The van der Waals surface area contributed by atoms with Gasteiger partial charge in [-0.05, 0) is 18.1 Å². The van der Waals surface area contributed by atoms with E-state index >= 15 is 0 Å². The summed E-state index contributed by atoms with van der Waals surface area (Å²) < 4.78 is 0. The zero-order chi connectivity index (χ0) is 16.2. The van der Waals surface area contributed by atoms with Gasteiger partial charge in [0.15, 0.2) is 0 Å². The third-order valence-corrected chi connectivity index (χ3v) is 2.82. The lowest BCUT2D eigenvalue weighted by atomic mass is 10.1. The standard InChI is InChI=1S/C13H15ClN2O5/c1-8(2)6-15(7-12(17)18)13(19)10-5-9(14)3-4-11(10)16(20)21/h3-5,8H,6-7H2,1-2H3,(H,17,18). The van der Waals surface area contributed by atoms with Gasteiger partial charge in [0.05, 0.1) is 4.92 Å². The molecule has 0 aliphatic rings. The number of benzene rings is 1. The number of nitro benzene ring substituents is 1. The minimum atomic E-state index is -1.19. The second kappa shape index (κ2) is 7.03. The number of hydrogen-bond donors (Lipinski definition) is 1. The van der Waals surface area contributed by atoms with Gasteiger partial charge in [-0.1, -0.05) is 25.4 Å². The molecule has 1 aromatic carbocycles. The maximum Gasteiger partial charge on any atom is 0.323 e. The molecule has 7 nitrogen and oxygen atoms in total. The van der Waals surface area contributed by atoms with Gasteiger partial charge in [-0.2, -0.15) is 0 Å². The molecular weight excluding hydrogens is 300 g/mol. The quantitative estimate of drug-likeness (QED) is 0.642. The highest BCUT2D eigenvalue weighted by Crippen LogP contribution is 2.24. The molecule has 114 valence electrons. The first-order chi connectivity index (χ1) is 9.72. The molecule has 1 aromatic rings. The van der Waals surface area contributed by atoms with E-state index in [0.29, 0.717) is 0 Å². The number of halogens is 1. The highest BCUT2D eigenvalue weighted by molar-refractivity contribution is 6.31. The van der Waals surface area contributed by atoms with Gasteiger partial charge in [0, 0.05) is 17.6 Å². The lowest BCUT2D eigenvalue weighted by Crippen LogP contribution is -2.38. The molecule has 0 heterocycles. The molecule has 1 N–H and O–H groups in total. The lowest BCUT2D eigenvalue weighted by molar-refractivity contribution is -0.385. The van der Waals surface area contributed by atoms with E-state index in [1.54, 1.807) is 0 Å². The SMILES string of the molecule is CC(C)CN(CC(=O)O)C(=O)c1cc(Cl)ccc1[N+](=O)[O-]. The third-order valence-electron chi connectivity index (χ3n) is 2.58. The van der Waals surface area contributed by atoms with E-state index in [1.807, 2.05) is 13.8 Å². The van der Waals surface area contributed by atoms with Crippen LogP contribution in [0.25, 0.3) is 0 Å². The molecule has 1 amide bonds. The van der Waals surface area contributed by atoms with Gasteiger partial charge in [-0.25, -0.2) is 0 Å². The smallest absolute Gasteiger partial charge is 0.323 e. The molecule has 0 radical (unpaired) electrons. The van der Waals surface area contributed by atoms with Crippen molar-refractivity contribution in [3.8, 4) is 0 Å². The van der Waals surface area contributed by atoms with Gasteiger partial charge in [-0.15, -0.1) is 0 Å². The van der Waals surface area contributed by atoms with Crippen LogP contribution in [0, 0.1) is 16.0 Å². The van der Waals surface area contributed by atoms with Crippen molar-refractivity contribution in [1.29, 1.82) is 0 Å². The van der Waals surface area contributed by atoms with Crippen molar-refractivity contribution in [2.24, 2.45) is 5.92 Å². The summed E-state index contributed by atoms with van der Waals surface area (Å²) in [6, 6.07) is 3.61. The first-order valence-corrected chi connectivity index (χ1v) is 6.55. The summed E-state index contributed by atoms with van der Waals surface area (Å²) in [5.41, 5.74) is -0.613. The molecule has 0 bridgehead atoms. The van der Waals surface area contributed by atoms with Crippen LogP contribution in [0.5, 0.6) is 0 Å². The topological polar surface area (TPSA) is 101 Å². The first-order valence-electron chi connectivity index (χ1n) is 6.17. The fourth-order valence-electron chi connectivity index (χ4n) is 1.83. The van der Waals surface area contributed by atoms with Crippen LogP contribution in [0.15, 0.2) is 18.2 Å². The minimum absolute atomic E-state index is 0.0199. The molecule has 21 heavy (non-hydrogen) atoms. The van der Waals surface area contributed by atoms with Crippen LogP contribution in [-0.4, -0.2) is 39.9 Å². The van der Waals surface area contributed by atoms with Crippen LogP contribution in [0.4, 0.5) is 5.69 Å². The fourth-order valence-corrected chi connectivity index (χ4v) is 2.00. The molecule has 0 spiro atoms. The Morgan fingerprint density at radius 3 is 2.52 bits per heavy atom. The predicted molar refractivity (Wildman–Crippen MR) is 76.5 cm³/mol. The van der Waals surface area contributed by atoms with E-state index in [2.05, 4.69) is 0 Å². The summed E-state index contributed by atoms with van der Waals surface area (Å²) in [5.74, 6) is -1.89. The zero-order valence-corrected chi connectivity index (χ0v) is 12.3. The van der Waals surface area contributed by atoms with Crippen LogP contribution >= 0.6 is 11.6 Å². The molecule has 0 fully saturated rings. The Morgan fingerprint density at radius 2 is 2.05 bits per heavy atom. The number of amides is 1. The van der Waals surface area contributed by atoms with E-state index in [9.17, 15) is 19.7 Å². The van der Waals surface area contributed by atoms with Gasteiger partial charge >= 0.3 is 5.97 Å². The average Bonchev–Trinajstić information content (AvgIpc) is 2.35. The number of carboxylic acids is 1. The number of carbonyl (C=O) groups is 2. The van der Waals surface area contributed by atoms with Crippen LogP contribution in [-0.2, 0) is 4.79 Å². The number of hydrogen-bond acceptors (Lipinski definition) is 4. The summed E-state index contributed by atoms with van der Waals surface area (Å²) in [5, 5.41) is 20.0. The van der Waals surface area contributed by atoms with Gasteiger partial charge in [0.2, 0.25) is 0 Å². The summed E-state index contributed by atoms with van der Waals surface area (Å²) in [6.45, 7) is 3.28. The van der Waals surface area contributed by atoms with Crippen molar-refractivity contribution in [3.63, 3.8) is 0 Å². The summed E-state index contributed by atoms with van der Waals surface area (Å²) >= 11 is 5.77. The Morgan fingerprint density at radius 1 is 1.43 bits per heavy atom. The second-order valence-electron chi connectivity index (χ2n) is 4.89. The summed E-state index contributed by atoms with van der Waals surface area (Å²) in [7, 11) is 0. The highest BCUT2D eigenvalue weighted by atomic mass is 35.5. The van der Waals surface area contributed by atoms with Crippen molar-refractivity contribution in [1.82, 2.24) is 4.90 Å². The fraction of sp³-hybridized carbons (Fsp3) is 0.385. The molecule has 1 rings (SSSR count). The lowest BCUT2D eigenvalue weighted by Gasteiger charge is -2.22. The van der Waals surface area contributed by atoms with E-state index in [0.717, 1.165) is 11.0 Å². The van der Waals surface area contributed by atoms with Crippen molar-refractivity contribution in [2.75, 3.05) is 13.1 Å². The van der Waals surface area contributed by atoms with Gasteiger partial charge in [-0.3, -0.25) is 19.7 Å². The third kappa shape index (κ3) is 4.71. The van der Waals surface area contributed by atoms with Gasteiger partial charge in [0.1, 0.15) is 12.1 Å². The van der Waals surface area contributed by atoms with Crippen LogP contribution in [0.1, 0.15) is 24.2 Å². The Bertz CT molecular complexity index is 574. The largest absolute Gasteiger partial charge is 0.480 e. The normalized spacial score (nSPS) is 10.5. The van der Waals surface area contributed by atoms with Crippen LogP contribution in [0.3, 0.4) is 0 Å². The molecule has 0 saturated heterocycles. The van der Waals surface area contributed by atoms with E-state index in [-0.39, 0.29) is 23.0 Å². The number of carboxylic acid groups (broad SMARTS) is 1. The summed E-state index contributed by atoms with van der Waals surface area (Å²) in [6.07, 6.45) is 0. The van der Waals surface area contributed by atoms with Crippen LogP contribution < -0.4 is 0 Å². The number of nitrogens with zero attached hydrogens (tertiary/aromatic N) is 2. The number of aliphatic carboxylic acids is 1. The molecular formula is C13H15ClN2O5. The minimum Gasteiger partial charge on any atom is -0.480 e. The molecule has 0 atom stereocenters. The maximum absolute atomic E-state index is 12.4. The first kappa shape index (κ1) is 16.9. The molecule has 0 aliphatic heterocycles. The van der Waals surface area contributed by atoms with Crippen LogP contribution in [0.2, 0.25) is 5.02 Å². The Hall–Kier alpha value is -2.15. The number of carbonyl (C=O) groups excluding carboxylic acids is 1. The summed E-state index contributed by atoms with van der Waals surface area (Å²) in [4.78, 5) is 34.6. The Kier molecular flexibility index (Phi) is 5.66. The van der Waals surface area contributed by atoms with Gasteiger partial charge < -0.3 is 10.0 Å². The van der Waals surface area contributed by atoms with E-state index < -0.39 is 29.0 Å². The zero-order valence-electron chi connectivity index (χ0n) is 11.6. The second-order valence-corrected chi connectivity index (χ2v) is 5.33. The maximum atomic E-state index is 12.4. The molecule has 0 saturated carbocycles. The van der Waals surface area contributed by atoms with Crippen molar-refractivity contribution in [2.45, 2.75) is 13.8 Å². The molecule has 0 unspecified atom stereocenters. The Labute approximate surface area is 126 Å². The molecule has 0 aromatic heterocycles. The molecule has 0 aliphatic carbocycles. The highest BCUT2D eigenvalue weighted by Gasteiger charge is 2.26. The van der Waals surface area contributed by atoms with E-state index in [4.69, 9.17) is 16.7 Å².